The van der Waals surface area contributed by atoms with Gasteiger partial charge >= 0.3 is 6.07 Å². The molecule has 14 heavy (non-hydrogen) atoms. The van der Waals surface area contributed by atoms with Crippen LogP contribution >= 0.6 is 0 Å². The van der Waals surface area contributed by atoms with Crippen molar-refractivity contribution < 1.29 is 0 Å². The lowest BCUT2D eigenvalue weighted by Gasteiger charge is -1.97. The Morgan fingerprint density at radius 3 is 2.86 bits per heavy atom. The number of aryl methyl sites for hydroxylation is 1. The molecule has 0 saturated carbocycles. The summed E-state index contributed by atoms with van der Waals surface area (Å²) in [6.07, 6.45) is 0. The van der Waals surface area contributed by atoms with Crippen LogP contribution in [-0.2, 0) is 0 Å². The average Bonchev–Trinajstić information content (AvgIpc) is 2.17. The normalized spacial score (nSPS) is 9.50. The van der Waals surface area contributed by atoms with Gasteiger partial charge < -0.3 is 5.21 Å². The zero-order valence-electron chi connectivity index (χ0n) is 7.69. The van der Waals surface area contributed by atoms with Crippen molar-refractivity contribution in [2.75, 3.05) is 0 Å². The lowest BCUT2D eigenvalue weighted by atomic mass is 10.1. The molecule has 0 aliphatic heterocycles. The first-order valence-electron chi connectivity index (χ1n) is 4.25. The van der Waals surface area contributed by atoms with Gasteiger partial charge in [-0.05, 0) is 30.7 Å². The molecule has 0 saturated heterocycles. The van der Waals surface area contributed by atoms with Crippen LogP contribution in [0, 0.1) is 18.2 Å². The van der Waals surface area contributed by atoms with E-state index in [1.54, 1.807) is 6.07 Å². The molecule has 1 aromatic heterocycles. The van der Waals surface area contributed by atoms with Crippen molar-refractivity contribution in [1.82, 2.24) is 4.98 Å². The summed E-state index contributed by atoms with van der Waals surface area (Å²) in [6.45, 7) is 2.00. The molecular formula is C11H8N2O. The van der Waals surface area contributed by atoms with Crippen LogP contribution in [0.5, 0.6) is 0 Å². The zero-order valence-corrected chi connectivity index (χ0v) is 7.69. The van der Waals surface area contributed by atoms with E-state index in [0.717, 1.165) is 16.5 Å². The van der Waals surface area contributed by atoms with E-state index in [1.165, 1.54) is 0 Å². The van der Waals surface area contributed by atoms with Crippen molar-refractivity contribution in [3.05, 3.63) is 51.8 Å². The summed E-state index contributed by atoms with van der Waals surface area (Å²) in [4.78, 5) is 4.22. The number of benzene rings is 1. The van der Waals surface area contributed by atoms with Crippen molar-refractivity contribution in [3.63, 3.8) is 0 Å². The van der Waals surface area contributed by atoms with Gasteiger partial charge in [0.2, 0.25) is 0 Å². The van der Waals surface area contributed by atoms with Gasteiger partial charge in [-0.3, -0.25) is 0 Å². The summed E-state index contributed by atoms with van der Waals surface area (Å²) in [7, 11) is 0. The van der Waals surface area contributed by atoms with Crippen LogP contribution in [0.1, 0.15) is 11.3 Å². The molecule has 0 radical (unpaired) electrons. The van der Waals surface area contributed by atoms with Crippen LogP contribution in [-0.4, -0.2) is 4.98 Å². The predicted octanol–water partition coefficient (Wildman–Crippen LogP) is 2.72. The minimum atomic E-state index is 0.470. The Morgan fingerprint density at radius 2 is 2.07 bits per heavy atom. The first kappa shape index (κ1) is 8.52. The first-order chi connectivity index (χ1) is 6.79. The van der Waals surface area contributed by atoms with Gasteiger partial charge in [-0.15, -0.1) is 0 Å². The van der Waals surface area contributed by atoms with Crippen LogP contribution < -0.4 is 0 Å². The quantitative estimate of drug-likeness (QED) is 0.590. The molecule has 68 valence electrons. The molecule has 0 fully saturated rings. The molecule has 0 atom stereocenters. The van der Waals surface area contributed by atoms with E-state index in [2.05, 4.69) is 16.1 Å². The third kappa shape index (κ3) is 1.50. The van der Waals surface area contributed by atoms with Gasteiger partial charge in [0.1, 0.15) is 0 Å². The molecule has 0 N–H and O–H groups in total. The van der Waals surface area contributed by atoms with Gasteiger partial charge in [0.25, 0.3) is 0 Å². The van der Waals surface area contributed by atoms with Crippen molar-refractivity contribution >= 4 is 10.9 Å². The third-order valence-corrected chi connectivity index (χ3v) is 2.01. The largest absolute Gasteiger partial charge is 0.498 e. The van der Waals surface area contributed by atoms with Crippen molar-refractivity contribution in [2.45, 2.75) is 6.92 Å². The van der Waals surface area contributed by atoms with E-state index in [0.29, 0.717) is 5.69 Å². The molecule has 0 amide bonds. The fraction of sp³-hybridized carbons (Fsp3) is 0.0909. The maximum absolute atomic E-state index is 9.98. The zero-order chi connectivity index (χ0) is 9.97. The minimum Gasteiger partial charge on any atom is -0.498 e. The highest BCUT2D eigenvalue weighted by Gasteiger charge is 1.99. The second-order valence-corrected chi connectivity index (χ2v) is 3.10. The van der Waals surface area contributed by atoms with Crippen LogP contribution in [0.15, 0.2) is 30.3 Å². The molecule has 0 aliphatic rings. The number of hydrogen-bond donors (Lipinski definition) is 0. The van der Waals surface area contributed by atoms with Crippen molar-refractivity contribution in [2.24, 2.45) is 0 Å². The minimum absolute atomic E-state index is 0.470. The van der Waals surface area contributed by atoms with E-state index in [1.807, 2.05) is 31.2 Å². The Balaban J connectivity index is 2.67. The Bertz CT molecular complexity index is 538. The molecule has 2 aromatic rings. The van der Waals surface area contributed by atoms with E-state index in [-0.39, 0.29) is 0 Å². The highest BCUT2D eigenvalue weighted by molar-refractivity contribution is 5.79. The summed E-state index contributed by atoms with van der Waals surface area (Å²) >= 11 is 0. The van der Waals surface area contributed by atoms with Crippen molar-refractivity contribution in [1.29, 1.82) is 0 Å². The van der Waals surface area contributed by atoms with Crippen LogP contribution in [0.2, 0.25) is 0 Å². The Kier molecular flexibility index (Phi) is 2.04. The van der Waals surface area contributed by atoms with Gasteiger partial charge in [0, 0.05) is 10.4 Å². The lowest BCUT2D eigenvalue weighted by molar-refractivity contribution is 1.34. The topological polar surface area (TPSA) is 40.3 Å². The van der Waals surface area contributed by atoms with Gasteiger partial charge in [0.05, 0.1) is 5.52 Å². The highest BCUT2D eigenvalue weighted by Crippen LogP contribution is 2.13. The van der Waals surface area contributed by atoms with Crippen LogP contribution in [0.3, 0.4) is 0 Å². The third-order valence-electron chi connectivity index (χ3n) is 2.01. The summed E-state index contributed by atoms with van der Waals surface area (Å²) in [6, 6.07) is 11.9. The molecule has 3 nitrogen and oxygen atoms in total. The van der Waals surface area contributed by atoms with Crippen LogP contribution in [0.25, 0.3) is 15.9 Å². The second kappa shape index (κ2) is 3.35. The Morgan fingerprint density at radius 1 is 1.29 bits per heavy atom. The summed E-state index contributed by atoms with van der Waals surface area (Å²) < 4.78 is 0. The molecular weight excluding hydrogens is 176 g/mol. The van der Waals surface area contributed by atoms with E-state index >= 15 is 0 Å². The molecule has 1 heterocycles. The Hall–Kier alpha value is -2.08. The number of pyridine rings is 1. The van der Waals surface area contributed by atoms with Gasteiger partial charge in [-0.1, -0.05) is 12.1 Å². The number of fused-ring (bicyclic) bond motifs is 1. The van der Waals surface area contributed by atoms with Gasteiger partial charge in [0.15, 0.2) is 5.69 Å². The van der Waals surface area contributed by atoms with E-state index < -0.39 is 0 Å². The summed E-state index contributed by atoms with van der Waals surface area (Å²) in [5, 5.41) is 13.6. The maximum Gasteiger partial charge on any atom is 0.356 e. The summed E-state index contributed by atoms with van der Waals surface area (Å²) in [5.41, 5.74) is 2.47. The predicted molar refractivity (Wildman–Crippen MR) is 56.2 cm³/mol. The average molecular weight is 184 g/mol. The Labute approximate surface area is 81.4 Å². The van der Waals surface area contributed by atoms with Gasteiger partial charge in [-0.25, -0.2) is 4.98 Å². The molecule has 2 rings (SSSR count). The number of nitrogens with zero attached hydrogens (tertiary/aromatic N) is 2. The van der Waals surface area contributed by atoms with E-state index in [9.17, 15) is 5.21 Å². The SMILES string of the molecule is Cc1ccc2ccc(C#[N+][O-])nc2c1. The van der Waals surface area contributed by atoms with Crippen molar-refractivity contribution in [3.8, 4) is 6.07 Å². The highest BCUT2D eigenvalue weighted by atomic mass is 16.4. The summed E-state index contributed by atoms with van der Waals surface area (Å²) in [5.74, 6) is 0. The molecule has 3 heteroatoms. The monoisotopic (exact) mass is 184 g/mol. The number of hydrogen-bond acceptors (Lipinski definition) is 2. The second-order valence-electron chi connectivity index (χ2n) is 3.10. The molecule has 0 spiro atoms. The molecule has 1 aromatic carbocycles. The maximum atomic E-state index is 9.98. The first-order valence-corrected chi connectivity index (χ1v) is 4.25. The smallest absolute Gasteiger partial charge is 0.356 e. The fourth-order valence-electron chi connectivity index (χ4n) is 1.34. The number of rotatable bonds is 0. The fourth-order valence-corrected chi connectivity index (χ4v) is 1.34. The standard InChI is InChI=1S/C11H8N2O/c1-8-2-3-9-4-5-10(7-12-14)13-11(9)6-8/h2-6H,1H3. The lowest BCUT2D eigenvalue weighted by Crippen LogP contribution is -1.84. The molecule has 0 unspecified atom stereocenters. The van der Waals surface area contributed by atoms with Gasteiger partial charge in [-0.2, -0.15) is 0 Å². The molecule has 0 bridgehead atoms. The molecule has 0 aliphatic carbocycles. The van der Waals surface area contributed by atoms with Crippen LogP contribution in [0.4, 0.5) is 0 Å². The number of aromatic nitrogens is 1. The van der Waals surface area contributed by atoms with E-state index in [4.69, 9.17) is 0 Å².